The molecule has 1 aliphatic heterocycles. The topological polar surface area (TPSA) is 84.7 Å². The van der Waals surface area contributed by atoms with Crippen LogP contribution >= 0.6 is 11.6 Å². The van der Waals surface area contributed by atoms with Crippen LogP contribution < -0.4 is 15.2 Å². The quantitative estimate of drug-likeness (QED) is 0.462. The molecule has 0 amide bonds. The Morgan fingerprint density at radius 2 is 1.77 bits per heavy atom. The first kappa shape index (κ1) is 28.9. The van der Waals surface area contributed by atoms with Crippen molar-refractivity contribution in [2.45, 2.75) is 65.7 Å². The van der Waals surface area contributed by atoms with E-state index < -0.39 is 15.3 Å². The third kappa shape index (κ3) is 4.80. The molecule has 1 atom stereocenters. The van der Waals surface area contributed by atoms with Crippen LogP contribution in [0.3, 0.4) is 0 Å². The lowest BCUT2D eigenvalue weighted by Crippen LogP contribution is -2.51. The Morgan fingerprint density at radius 3 is 2.40 bits per heavy atom. The first-order valence-electron chi connectivity index (χ1n) is 14.0. The number of rotatable bonds is 6. The highest BCUT2D eigenvalue weighted by molar-refractivity contribution is 7.89. The molecule has 0 spiro atoms. The maximum atomic E-state index is 14.2. The molecule has 0 radical (unpaired) electrons. The van der Waals surface area contributed by atoms with E-state index in [9.17, 15) is 13.2 Å². The second-order valence-electron chi connectivity index (χ2n) is 12.3. The number of sulfonamides is 1. The molecule has 1 fully saturated rings. The van der Waals surface area contributed by atoms with Gasteiger partial charge in [0.15, 0.2) is 0 Å². The lowest BCUT2D eigenvalue weighted by Gasteiger charge is -2.40. The largest absolute Gasteiger partial charge is 0.481 e. The second kappa shape index (κ2) is 10.3. The SMILES string of the molecule is CC(C)S(=O)(=O)N1CCN(c2cnn(-c3cccc(Cl)c3)c(=O)c2OC2C(C)(C)C3=C(CCC=C3)C2(C)C)CC1. The van der Waals surface area contributed by atoms with E-state index in [1.165, 1.54) is 20.1 Å². The first-order valence-corrected chi connectivity index (χ1v) is 15.8. The third-order valence-electron chi connectivity index (χ3n) is 8.69. The fourth-order valence-electron chi connectivity index (χ4n) is 6.59. The van der Waals surface area contributed by atoms with Crippen LogP contribution in [0.4, 0.5) is 5.69 Å². The maximum absolute atomic E-state index is 14.2. The predicted octanol–water partition coefficient (Wildman–Crippen LogP) is 5.21. The Bertz CT molecular complexity index is 1530. The molecule has 40 heavy (non-hydrogen) atoms. The van der Waals surface area contributed by atoms with Crippen molar-refractivity contribution in [1.29, 1.82) is 0 Å². The zero-order valence-corrected chi connectivity index (χ0v) is 25.7. The van der Waals surface area contributed by atoms with E-state index >= 15 is 0 Å². The fourth-order valence-corrected chi connectivity index (χ4v) is 8.04. The van der Waals surface area contributed by atoms with Crippen LogP contribution in [-0.2, 0) is 10.0 Å². The molecule has 2 heterocycles. The van der Waals surface area contributed by atoms with Gasteiger partial charge in [-0.25, -0.2) is 8.42 Å². The number of nitrogens with zero attached hydrogens (tertiary/aromatic N) is 4. The zero-order valence-electron chi connectivity index (χ0n) is 24.1. The molecule has 1 aromatic heterocycles. The van der Waals surface area contributed by atoms with Gasteiger partial charge < -0.3 is 9.64 Å². The van der Waals surface area contributed by atoms with Gasteiger partial charge >= 0.3 is 5.56 Å². The number of allylic oxidation sites excluding steroid dienone is 2. The van der Waals surface area contributed by atoms with Gasteiger partial charge in [0, 0.05) is 42.0 Å². The maximum Gasteiger partial charge on any atom is 0.316 e. The second-order valence-corrected chi connectivity index (χ2v) is 15.2. The molecular weight excluding hydrogens is 548 g/mol. The van der Waals surface area contributed by atoms with Crippen LogP contribution in [0.5, 0.6) is 5.75 Å². The number of halogens is 1. The number of benzene rings is 1. The number of hydrogen-bond donors (Lipinski definition) is 0. The summed E-state index contributed by atoms with van der Waals surface area (Å²) in [5.74, 6) is 0.227. The molecular formula is C30H39ClN4O4S. The molecule has 1 saturated heterocycles. The number of anilines is 1. The van der Waals surface area contributed by atoms with Crippen LogP contribution in [0.2, 0.25) is 5.02 Å². The predicted molar refractivity (Wildman–Crippen MR) is 160 cm³/mol. The van der Waals surface area contributed by atoms with E-state index in [1.807, 2.05) is 4.90 Å². The van der Waals surface area contributed by atoms with Crippen molar-refractivity contribution < 1.29 is 13.2 Å². The van der Waals surface area contributed by atoms with Crippen molar-refractivity contribution in [3.8, 4) is 11.4 Å². The molecule has 2 aliphatic carbocycles. The summed E-state index contributed by atoms with van der Waals surface area (Å²) in [4.78, 5) is 16.2. The van der Waals surface area contributed by atoms with Crippen molar-refractivity contribution in [3.63, 3.8) is 0 Å². The normalized spacial score (nSPS) is 22.6. The lowest BCUT2D eigenvalue weighted by atomic mass is 9.76. The summed E-state index contributed by atoms with van der Waals surface area (Å²) in [5.41, 5.74) is 2.80. The average molecular weight is 587 g/mol. The number of ether oxygens (including phenoxy) is 1. The number of piperazine rings is 1. The summed E-state index contributed by atoms with van der Waals surface area (Å²) in [6.45, 7) is 13.7. The minimum Gasteiger partial charge on any atom is -0.481 e. The van der Waals surface area contributed by atoms with E-state index in [1.54, 1.807) is 44.3 Å². The highest BCUT2D eigenvalue weighted by Crippen LogP contribution is 2.57. The van der Waals surface area contributed by atoms with Gasteiger partial charge in [0.2, 0.25) is 15.8 Å². The molecule has 1 aromatic carbocycles. The molecule has 1 unspecified atom stereocenters. The molecule has 10 heteroatoms. The van der Waals surface area contributed by atoms with E-state index in [-0.39, 0.29) is 28.2 Å². The first-order chi connectivity index (χ1) is 18.8. The summed E-state index contributed by atoms with van der Waals surface area (Å²) >= 11 is 6.25. The Labute approximate surface area is 242 Å². The van der Waals surface area contributed by atoms with Gasteiger partial charge in [0.05, 0.1) is 17.1 Å². The Hall–Kier alpha value is -2.62. The van der Waals surface area contributed by atoms with Gasteiger partial charge in [-0.3, -0.25) is 4.79 Å². The van der Waals surface area contributed by atoms with Gasteiger partial charge in [-0.05, 0) is 50.5 Å². The molecule has 8 nitrogen and oxygen atoms in total. The Balaban J connectivity index is 1.56. The van der Waals surface area contributed by atoms with Gasteiger partial charge in [0.1, 0.15) is 11.8 Å². The average Bonchev–Trinajstić information content (AvgIpc) is 3.06. The summed E-state index contributed by atoms with van der Waals surface area (Å²) in [6, 6.07) is 7.01. The Morgan fingerprint density at radius 1 is 1.07 bits per heavy atom. The smallest absolute Gasteiger partial charge is 0.316 e. The van der Waals surface area contributed by atoms with Gasteiger partial charge in [-0.2, -0.15) is 14.1 Å². The van der Waals surface area contributed by atoms with E-state index in [0.717, 1.165) is 12.8 Å². The standard InChI is InChI=1S/C30H39ClN4O4S/c1-20(2)40(37,38)34-16-14-33(15-17-34)25-19-32-35(22-11-9-10-21(31)18-22)27(36)26(25)39-28-29(3,4)23-12-7-8-13-24(23)30(28,5)6/h7,9-12,18-20,28H,8,13-17H2,1-6H3. The summed E-state index contributed by atoms with van der Waals surface area (Å²) < 4.78 is 35.3. The highest BCUT2D eigenvalue weighted by Gasteiger charge is 2.54. The fraction of sp³-hybridized carbons (Fsp3) is 0.533. The van der Waals surface area contributed by atoms with Crippen LogP contribution in [-0.4, -0.2) is 60.0 Å². The van der Waals surface area contributed by atoms with E-state index in [2.05, 4.69) is 44.9 Å². The minimum absolute atomic E-state index is 0.227. The summed E-state index contributed by atoms with van der Waals surface area (Å²) in [7, 11) is -3.36. The van der Waals surface area contributed by atoms with Gasteiger partial charge in [0.25, 0.3) is 0 Å². The third-order valence-corrected chi connectivity index (χ3v) is 11.2. The van der Waals surface area contributed by atoms with E-state index in [4.69, 9.17) is 16.3 Å². The van der Waals surface area contributed by atoms with Crippen molar-refractivity contribution >= 4 is 27.3 Å². The molecule has 3 aliphatic rings. The molecule has 0 saturated carbocycles. The molecule has 0 N–H and O–H groups in total. The van der Waals surface area contributed by atoms with Crippen LogP contribution in [0.25, 0.3) is 5.69 Å². The molecule has 2 aromatic rings. The summed E-state index contributed by atoms with van der Waals surface area (Å²) in [5, 5.41) is 4.53. The van der Waals surface area contributed by atoms with Crippen LogP contribution in [0.1, 0.15) is 54.4 Å². The van der Waals surface area contributed by atoms with Crippen molar-refractivity contribution in [2.75, 3.05) is 31.1 Å². The van der Waals surface area contributed by atoms with Crippen LogP contribution in [0, 0.1) is 10.8 Å². The zero-order chi connectivity index (χ0) is 29.0. The summed E-state index contributed by atoms with van der Waals surface area (Å²) in [6.07, 6.45) is 7.77. The van der Waals surface area contributed by atoms with Gasteiger partial charge in [-0.1, -0.05) is 63.1 Å². The van der Waals surface area contributed by atoms with Gasteiger partial charge in [-0.15, -0.1) is 0 Å². The molecule has 0 bridgehead atoms. The van der Waals surface area contributed by atoms with Crippen LogP contribution in [0.15, 0.2) is 58.6 Å². The Kier molecular flexibility index (Phi) is 7.46. The molecule has 216 valence electrons. The van der Waals surface area contributed by atoms with Crippen molar-refractivity contribution in [2.24, 2.45) is 10.8 Å². The number of hydrogen-bond acceptors (Lipinski definition) is 6. The molecule has 5 rings (SSSR count). The highest BCUT2D eigenvalue weighted by atomic mass is 35.5. The number of aromatic nitrogens is 2. The van der Waals surface area contributed by atoms with E-state index in [0.29, 0.717) is 42.6 Å². The van der Waals surface area contributed by atoms with Crippen molar-refractivity contribution in [1.82, 2.24) is 14.1 Å². The minimum atomic E-state index is -3.36. The lowest BCUT2D eigenvalue weighted by molar-refractivity contribution is 0.0375. The van der Waals surface area contributed by atoms with Crippen molar-refractivity contribution in [3.05, 3.63) is 69.1 Å². The monoisotopic (exact) mass is 586 g/mol.